The Morgan fingerprint density at radius 1 is 1.13 bits per heavy atom. The fraction of sp³-hybridized carbons (Fsp3) is 0.286. The van der Waals surface area contributed by atoms with Crippen LogP contribution in [-0.4, -0.2) is 23.1 Å². The molecule has 160 valence electrons. The molecule has 2 aromatic heterocycles. The summed E-state index contributed by atoms with van der Waals surface area (Å²) in [5, 5.41) is 10.5. The number of pyridine rings is 1. The fourth-order valence-electron chi connectivity index (χ4n) is 2.50. The van der Waals surface area contributed by atoms with Crippen LogP contribution in [0.25, 0.3) is 0 Å². The van der Waals surface area contributed by atoms with Crippen molar-refractivity contribution in [1.29, 1.82) is 0 Å². The molecule has 0 spiro atoms. The molecule has 2 heterocycles. The van der Waals surface area contributed by atoms with Crippen molar-refractivity contribution < 1.29 is 13.7 Å². The second-order valence-corrected chi connectivity index (χ2v) is 6.71. The first-order valence-corrected chi connectivity index (χ1v) is 9.32. The summed E-state index contributed by atoms with van der Waals surface area (Å²) in [6.07, 6.45) is 1.66. The van der Waals surface area contributed by atoms with Gasteiger partial charge in [-0.25, -0.2) is 9.37 Å². The molecule has 0 saturated carbocycles. The summed E-state index contributed by atoms with van der Waals surface area (Å²) in [5.41, 5.74) is 1.89. The van der Waals surface area contributed by atoms with Gasteiger partial charge in [0.1, 0.15) is 11.6 Å². The number of benzene rings is 1. The van der Waals surface area contributed by atoms with E-state index in [-0.39, 0.29) is 29.8 Å². The van der Waals surface area contributed by atoms with E-state index in [9.17, 15) is 4.39 Å². The van der Waals surface area contributed by atoms with Gasteiger partial charge < -0.3 is 19.9 Å². The highest BCUT2D eigenvalue weighted by Crippen LogP contribution is 2.20. The Morgan fingerprint density at radius 3 is 2.53 bits per heavy atom. The summed E-state index contributed by atoms with van der Waals surface area (Å²) in [6, 6.07) is 11.4. The number of nitrogens with zero attached hydrogens (tertiary/aromatic N) is 3. The second kappa shape index (κ2) is 11.5. The highest BCUT2D eigenvalue weighted by molar-refractivity contribution is 14.0. The smallest absolute Gasteiger partial charge is 0.219 e. The van der Waals surface area contributed by atoms with E-state index >= 15 is 0 Å². The third kappa shape index (κ3) is 6.97. The molecule has 0 unspecified atom stereocenters. The quantitative estimate of drug-likeness (QED) is 0.267. The molecule has 2 N–H and O–H groups in total. The van der Waals surface area contributed by atoms with Crippen molar-refractivity contribution in [3.8, 4) is 11.6 Å². The number of guanidine groups is 1. The Morgan fingerprint density at radius 2 is 1.87 bits per heavy atom. The van der Waals surface area contributed by atoms with Crippen LogP contribution >= 0.6 is 24.0 Å². The highest BCUT2D eigenvalue weighted by Gasteiger charge is 2.08. The molecule has 9 heteroatoms. The Hall–Kier alpha value is -2.69. The van der Waals surface area contributed by atoms with Crippen molar-refractivity contribution in [2.45, 2.75) is 32.9 Å². The summed E-state index contributed by atoms with van der Waals surface area (Å²) < 4.78 is 24.0. The molecule has 0 aliphatic carbocycles. The van der Waals surface area contributed by atoms with Gasteiger partial charge in [-0.1, -0.05) is 19.0 Å². The minimum Gasteiger partial charge on any atom is -0.439 e. The average molecular weight is 525 g/mol. The van der Waals surface area contributed by atoms with E-state index < -0.39 is 0 Å². The topological polar surface area (TPSA) is 84.6 Å². The summed E-state index contributed by atoms with van der Waals surface area (Å²) in [4.78, 5) is 8.40. The van der Waals surface area contributed by atoms with Crippen molar-refractivity contribution in [2.75, 3.05) is 7.05 Å². The van der Waals surface area contributed by atoms with E-state index in [1.165, 1.54) is 12.1 Å². The van der Waals surface area contributed by atoms with Crippen LogP contribution in [0.15, 0.2) is 58.2 Å². The zero-order valence-corrected chi connectivity index (χ0v) is 19.4. The van der Waals surface area contributed by atoms with Crippen LogP contribution in [-0.2, 0) is 13.1 Å². The number of nitrogens with one attached hydrogen (secondary N) is 2. The Bertz CT molecular complexity index is 960. The van der Waals surface area contributed by atoms with Crippen molar-refractivity contribution >= 4 is 29.9 Å². The molecule has 30 heavy (non-hydrogen) atoms. The van der Waals surface area contributed by atoms with Crippen molar-refractivity contribution in [3.05, 3.63) is 71.5 Å². The van der Waals surface area contributed by atoms with E-state index in [0.717, 1.165) is 17.0 Å². The molecule has 0 amide bonds. The van der Waals surface area contributed by atoms with E-state index in [4.69, 9.17) is 9.26 Å². The van der Waals surface area contributed by atoms with E-state index in [1.54, 1.807) is 25.4 Å². The minimum atomic E-state index is -0.312. The van der Waals surface area contributed by atoms with Crippen LogP contribution in [0, 0.1) is 5.82 Å². The lowest BCUT2D eigenvalue weighted by Gasteiger charge is -2.11. The first-order chi connectivity index (χ1) is 14.0. The molecular formula is C21H25FIN5O2. The van der Waals surface area contributed by atoms with E-state index in [0.29, 0.717) is 36.6 Å². The molecular weight excluding hydrogens is 500 g/mol. The second-order valence-electron chi connectivity index (χ2n) is 6.71. The van der Waals surface area contributed by atoms with E-state index in [2.05, 4.69) is 39.6 Å². The van der Waals surface area contributed by atoms with Crippen LogP contribution in [0.1, 0.15) is 36.8 Å². The molecule has 0 atom stereocenters. The van der Waals surface area contributed by atoms with Gasteiger partial charge in [-0.05, 0) is 41.8 Å². The van der Waals surface area contributed by atoms with Crippen LogP contribution < -0.4 is 15.4 Å². The third-order valence-corrected chi connectivity index (χ3v) is 4.12. The number of aromatic nitrogens is 2. The number of hydrogen-bond donors (Lipinski definition) is 2. The zero-order valence-electron chi connectivity index (χ0n) is 17.1. The van der Waals surface area contributed by atoms with Gasteiger partial charge in [-0.3, -0.25) is 4.99 Å². The molecule has 0 fully saturated rings. The van der Waals surface area contributed by atoms with Gasteiger partial charge >= 0.3 is 0 Å². The molecule has 3 aromatic rings. The average Bonchev–Trinajstić information content (AvgIpc) is 3.20. The maximum Gasteiger partial charge on any atom is 0.219 e. The fourth-order valence-corrected chi connectivity index (χ4v) is 2.50. The first kappa shape index (κ1) is 23.6. The molecule has 0 aliphatic rings. The number of rotatable bonds is 7. The summed E-state index contributed by atoms with van der Waals surface area (Å²) in [7, 11) is 1.70. The predicted octanol–water partition coefficient (Wildman–Crippen LogP) is 4.61. The van der Waals surface area contributed by atoms with Crippen LogP contribution in [0.4, 0.5) is 4.39 Å². The molecule has 0 radical (unpaired) electrons. The third-order valence-electron chi connectivity index (χ3n) is 4.12. The molecule has 7 nitrogen and oxygen atoms in total. The highest BCUT2D eigenvalue weighted by atomic mass is 127. The van der Waals surface area contributed by atoms with Crippen molar-refractivity contribution in [3.63, 3.8) is 0 Å². The Kier molecular flexibility index (Phi) is 9.03. The maximum atomic E-state index is 13.0. The summed E-state index contributed by atoms with van der Waals surface area (Å²) in [6.45, 7) is 5.14. The lowest BCUT2D eigenvalue weighted by Crippen LogP contribution is -2.36. The molecule has 0 bridgehead atoms. The summed E-state index contributed by atoms with van der Waals surface area (Å²) in [5.74, 6) is 2.34. The number of ether oxygens (including phenoxy) is 1. The lowest BCUT2D eigenvalue weighted by atomic mass is 10.1. The van der Waals surface area contributed by atoms with Gasteiger partial charge in [0.05, 0.1) is 12.2 Å². The number of hydrogen-bond acceptors (Lipinski definition) is 5. The number of halogens is 2. The van der Waals surface area contributed by atoms with Gasteiger partial charge in [0.2, 0.25) is 5.88 Å². The standard InChI is InChI=1S/C21H24FN5O2.HI/c1-14(2)19-11-18(29-27-19)13-26-21(23-3)25-12-15-8-9-24-20(10-15)28-17-6-4-16(22)5-7-17;/h4-11,14H,12-13H2,1-3H3,(H2,23,25,26);1H. The zero-order chi connectivity index (χ0) is 20.6. The maximum absolute atomic E-state index is 13.0. The minimum absolute atomic E-state index is 0. The monoisotopic (exact) mass is 525 g/mol. The Labute approximate surface area is 192 Å². The molecule has 0 saturated heterocycles. The van der Waals surface area contributed by atoms with Crippen molar-refractivity contribution in [2.24, 2.45) is 4.99 Å². The number of aliphatic imine (C=N–C) groups is 1. The molecule has 0 aliphatic heterocycles. The van der Waals surface area contributed by atoms with Gasteiger partial charge in [0, 0.05) is 31.9 Å². The van der Waals surface area contributed by atoms with Gasteiger partial charge in [-0.2, -0.15) is 0 Å². The van der Waals surface area contributed by atoms with Crippen molar-refractivity contribution in [1.82, 2.24) is 20.8 Å². The molecule has 1 aromatic carbocycles. The largest absolute Gasteiger partial charge is 0.439 e. The van der Waals surface area contributed by atoms with Gasteiger partial charge in [0.15, 0.2) is 11.7 Å². The van der Waals surface area contributed by atoms with Crippen LogP contribution in [0.2, 0.25) is 0 Å². The Balaban J connectivity index is 0.00000320. The van der Waals surface area contributed by atoms with Crippen LogP contribution in [0.5, 0.6) is 11.6 Å². The van der Waals surface area contributed by atoms with Crippen LogP contribution in [0.3, 0.4) is 0 Å². The van der Waals surface area contributed by atoms with E-state index in [1.807, 2.05) is 18.2 Å². The SMILES string of the molecule is CN=C(NCc1ccnc(Oc2ccc(F)cc2)c1)NCc1cc(C(C)C)no1.I. The van der Waals surface area contributed by atoms with Gasteiger partial charge in [-0.15, -0.1) is 24.0 Å². The molecule has 3 rings (SSSR count). The first-order valence-electron chi connectivity index (χ1n) is 9.32. The summed E-state index contributed by atoms with van der Waals surface area (Å²) >= 11 is 0. The van der Waals surface area contributed by atoms with Gasteiger partial charge in [0.25, 0.3) is 0 Å². The lowest BCUT2D eigenvalue weighted by molar-refractivity contribution is 0.372. The predicted molar refractivity (Wildman–Crippen MR) is 124 cm³/mol. The normalized spacial score (nSPS) is 11.2.